The second-order valence-electron chi connectivity index (χ2n) is 3.88. The lowest BCUT2D eigenvalue weighted by molar-refractivity contribution is -0.119. The Morgan fingerprint density at radius 1 is 1.40 bits per heavy atom. The lowest BCUT2D eigenvalue weighted by Crippen LogP contribution is -2.40. The van der Waals surface area contributed by atoms with E-state index in [9.17, 15) is 4.79 Å². The normalized spacial score (nSPS) is 26.3. The SMILES string of the molecule is CC1CSC(c2ccccc2)CN1C=O. The van der Waals surface area contributed by atoms with Crippen molar-refractivity contribution in [3.63, 3.8) is 0 Å². The second kappa shape index (κ2) is 4.71. The fourth-order valence-corrected chi connectivity index (χ4v) is 3.12. The van der Waals surface area contributed by atoms with Crippen LogP contribution in [0, 0.1) is 0 Å². The summed E-state index contributed by atoms with van der Waals surface area (Å²) in [6, 6.07) is 10.8. The minimum atomic E-state index is 0.368. The third kappa shape index (κ3) is 2.34. The highest BCUT2D eigenvalue weighted by Gasteiger charge is 2.25. The van der Waals surface area contributed by atoms with Gasteiger partial charge < -0.3 is 4.90 Å². The molecule has 1 fully saturated rings. The Kier molecular flexibility index (Phi) is 3.31. The Morgan fingerprint density at radius 3 is 2.80 bits per heavy atom. The molecule has 15 heavy (non-hydrogen) atoms. The maximum Gasteiger partial charge on any atom is 0.210 e. The smallest absolute Gasteiger partial charge is 0.210 e. The van der Waals surface area contributed by atoms with Crippen molar-refractivity contribution in [2.24, 2.45) is 0 Å². The lowest BCUT2D eigenvalue weighted by atomic mass is 10.1. The van der Waals surface area contributed by atoms with Crippen LogP contribution >= 0.6 is 11.8 Å². The summed E-state index contributed by atoms with van der Waals surface area (Å²) in [5.41, 5.74) is 1.32. The summed E-state index contributed by atoms with van der Waals surface area (Å²) < 4.78 is 0. The molecule has 1 aromatic carbocycles. The van der Waals surface area contributed by atoms with Gasteiger partial charge in [-0.05, 0) is 12.5 Å². The zero-order valence-electron chi connectivity index (χ0n) is 8.80. The quantitative estimate of drug-likeness (QED) is 0.714. The highest BCUT2D eigenvalue weighted by atomic mass is 32.2. The Hall–Kier alpha value is -0.960. The Bertz CT molecular complexity index is 328. The fraction of sp³-hybridized carbons (Fsp3) is 0.417. The van der Waals surface area contributed by atoms with Crippen molar-refractivity contribution in [2.75, 3.05) is 12.3 Å². The van der Waals surface area contributed by atoms with Crippen LogP contribution in [0.3, 0.4) is 0 Å². The van der Waals surface area contributed by atoms with Crippen molar-refractivity contribution >= 4 is 18.2 Å². The molecule has 0 aliphatic carbocycles. The molecule has 1 heterocycles. The highest BCUT2D eigenvalue weighted by molar-refractivity contribution is 7.99. The number of nitrogens with zero attached hydrogens (tertiary/aromatic N) is 1. The molecule has 1 aliphatic rings. The molecule has 0 bridgehead atoms. The van der Waals surface area contributed by atoms with Gasteiger partial charge in [0.1, 0.15) is 0 Å². The van der Waals surface area contributed by atoms with Gasteiger partial charge in [0.15, 0.2) is 0 Å². The summed E-state index contributed by atoms with van der Waals surface area (Å²) in [5, 5.41) is 0.438. The number of hydrogen-bond acceptors (Lipinski definition) is 2. The van der Waals surface area contributed by atoms with E-state index in [1.165, 1.54) is 5.56 Å². The molecule has 0 radical (unpaired) electrons. The molecule has 0 spiro atoms. The van der Waals surface area contributed by atoms with Gasteiger partial charge in [-0.2, -0.15) is 0 Å². The van der Waals surface area contributed by atoms with Crippen LogP contribution in [0.15, 0.2) is 30.3 Å². The van der Waals surface area contributed by atoms with Gasteiger partial charge in [0.05, 0.1) is 0 Å². The zero-order chi connectivity index (χ0) is 10.7. The third-order valence-corrected chi connectivity index (χ3v) is 4.29. The van der Waals surface area contributed by atoms with E-state index in [1.54, 1.807) is 0 Å². The monoisotopic (exact) mass is 221 g/mol. The van der Waals surface area contributed by atoms with Gasteiger partial charge in [-0.15, -0.1) is 11.8 Å². The zero-order valence-corrected chi connectivity index (χ0v) is 9.61. The highest BCUT2D eigenvalue weighted by Crippen LogP contribution is 2.34. The van der Waals surface area contributed by atoms with Crippen LogP contribution in [-0.4, -0.2) is 29.6 Å². The summed E-state index contributed by atoms with van der Waals surface area (Å²) in [5.74, 6) is 1.03. The number of thioether (sulfide) groups is 1. The van der Waals surface area contributed by atoms with Crippen LogP contribution in [0.25, 0.3) is 0 Å². The number of benzene rings is 1. The van der Waals surface area contributed by atoms with Crippen molar-refractivity contribution in [3.8, 4) is 0 Å². The summed E-state index contributed by atoms with van der Waals surface area (Å²) in [6.07, 6.45) is 0.973. The number of carbonyl (C=O) groups is 1. The number of hydrogen-bond donors (Lipinski definition) is 0. The predicted octanol–water partition coefficient (Wildman–Crippen LogP) is 2.32. The maximum atomic E-state index is 10.9. The van der Waals surface area contributed by atoms with E-state index in [2.05, 4.69) is 31.2 Å². The van der Waals surface area contributed by atoms with Crippen LogP contribution in [0.5, 0.6) is 0 Å². The first-order chi connectivity index (χ1) is 7.31. The average molecular weight is 221 g/mol. The molecule has 80 valence electrons. The summed E-state index contributed by atoms with van der Waals surface area (Å²) in [7, 11) is 0. The average Bonchev–Trinajstić information content (AvgIpc) is 2.31. The molecule has 2 unspecified atom stereocenters. The van der Waals surface area contributed by atoms with E-state index >= 15 is 0 Å². The minimum absolute atomic E-state index is 0.368. The lowest BCUT2D eigenvalue weighted by Gasteiger charge is -2.35. The number of carbonyl (C=O) groups excluding carboxylic acids is 1. The van der Waals surface area contributed by atoms with E-state index in [1.807, 2.05) is 22.7 Å². The van der Waals surface area contributed by atoms with Crippen molar-refractivity contribution in [3.05, 3.63) is 35.9 Å². The molecule has 1 aliphatic heterocycles. The molecular weight excluding hydrogens is 206 g/mol. The van der Waals surface area contributed by atoms with Gasteiger partial charge in [0, 0.05) is 23.6 Å². The van der Waals surface area contributed by atoms with E-state index in [0.717, 1.165) is 18.7 Å². The predicted molar refractivity (Wildman–Crippen MR) is 63.9 cm³/mol. The van der Waals surface area contributed by atoms with Crippen LogP contribution in [-0.2, 0) is 4.79 Å². The molecule has 2 rings (SSSR count). The minimum Gasteiger partial charge on any atom is -0.340 e. The van der Waals surface area contributed by atoms with Crippen LogP contribution in [0.2, 0.25) is 0 Å². The van der Waals surface area contributed by atoms with Gasteiger partial charge in [0.25, 0.3) is 0 Å². The molecule has 0 saturated carbocycles. The summed E-state index contributed by atoms with van der Waals surface area (Å²) >= 11 is 1.94. The first kappa shape index (κ1) is 10.6. The van der Waals surface area contributed by atoms with Gasteiger partial charge in [0.2, 0.25) is 6.41 Å². The molecule has 1 aromatic rings. The van der Waals surface area contributed by atoms with Crippen LogP contribution in [0.4, 0.5) is 0 Å². The standard InChI is InChI=1S/C12H15NOS/c1-10-8-15-12(7-13(10)9-14)11-5-3-2-4-6-11/h2-6,9-10,12H,7-8H2,1H3. The molecular formula is C12H15NOS. The first-order valence-corrected chi connectivity index (χ1v) is 6.23. The first-order valence-electron chi connectivity index (χ1n) is 5.19. The van der Waals surface area contributed by atoms with E-state index < -0.39 is 0 Å². The molecule has 0 aromatic heterocycles. The molecule has 3 heteroatoms. The number of rotatable bonds is 2. The number of amides is 1. The second-order valence-corrected chi connectivity index (χ2v) is 5.12. The Morgan fingerprint density at radius 2 is 2.13 bits per heavy atom. The van der Waals surface area contributed by atoms with Gasteiger partial charge in [-0.1, -0.05) is 30.3 Å². The van der Waals surface area contributed by atoms with Crippen molar-refractivity contribution < 1.29 is 4.79 Å². The molecule has 2 atom stereocenters. The fourth-order valence-electron chi connectivity index (χ4n) is 1.79. The molecule has 1 saturated heterocycles. The molecule has 2 nitrogen and oxygen atoms in total. The van der Waals surface area contributed by atoms with Crippen molar-refractivity contribution in [2.45, 2.75) is 18.2 Å². The summed E-state index contributed by atoms with van der Waals surface area (Å²) in [6.45, 7) is 2.93. The molecule has 0 N–H and O–H groups in total. The Balaban J connectivity index is 2.09. The topological polar surface area (TPSA) is 20.3 Å². The van der Waals surface area contributed by atoms with Crippen molar-refractivity contribution in [1.82, 2.24) is 4.90 Å². The van der Waals surface area contributed by atoms with Gasteiger partial charge in [-0.25, -0.2) is 0 Å². The summed E-state index contributed by atoms with van der Waals surface area (Å²) in [4.78, 5) is 12.8. The largest absolute Gasteiger partial charge is 0.340 e. The maximum absolute atomic E-state index is 10.9. The van der Waals surface area contributed by atoms with E-state index in [-0.39, 0.29) is 0 Å². The van der Waals surface area contributed by atoms with Crippen molar-refractivity contribution in [1.29, 1.82) is 0 Å². The van der Waals surface area contributed by atoms with E-state index in [4.69, 9.17) is 0 Å². The Labute approximate surface area is 94.7 Å². The van der Waals surface area contributed by atoms with Crippen LogP contribution < -0.4 is 0 Å². The third-order valence-electron chi connectivity index (χ3n) is 2.79. The van der Waals surface area contributed by atoms with Crippen LogP contribution in [0.1, 0.15) is 17.7 Å². The van der Waals surface area contributed by atoms with Gasteiger partial charge in [-0.3, -0.25) is 4.79 Å². The van der Waals surface area contributed by atoms with Gasteiger partial charge >= 0.3 is 0 Å². The molecule has 1 amide bonds. The van der Waals surface area contributed by atoms with E-state index in [0.29, 0.717) is 11.3 Å².